The van der Waals surface area contributed by atoms with Gasteiger partial charge in [0.05, 0.1) is 4.90 Å². The molecule has 1 N–H and O–H groups in total. The Morgan fingerprint density at radius 3 is 2.05 bits per heavy atom. The summed E-state index contributed by atoms with van der Waals surface area (Å²) in [7, 11) is -4.82. The fraction of sp³-hybridized carbons (Fsp3) is 0.467. The monoisotopic (exact) mass is 293 g/mol. The average molecular weight is 294 g/mol. The van der Waals surface area contributed by atoms with Gasteiger partial charge in [-0.05, 0) is 24.1 Å². The summed E-state index contributed by atoms with van der Waals surface area (Å²) in [5.41, 5.74) is 4.27. The Bertz CT molecular complexity index is 611. The van der Waals surface area contributed by atoms with Crippen LogP contribution in [0, 0.1) is 22.5 Å². The number of nitrogens with one attached hydrogen (secondary N) is 1. The molecule has 1 atom stereocenters. The molecular formula is C15H23NOSSi. The van der Waals surface area contributed by atoms with Crippen LogP contribution in [0.1, 0.15) is 26.3 Å². The van der Waals surface area contributed by atoms with E-state index in [9.17, 15) is 4.21 Å². The summed E-state index contributed by atoms with van der Waals surface area (Å²) >= 11 is 0. The molecule has 1 unspecified atom stereocenters. The van der Waals surface area contributed by atoms with Crippen LogP contribution in [-0.2, 0) is 9.73 Å². The highest BCUT2D eigenvalue weighted by molar-refractivity contribution is 7.97. The molecule has 0 amide bonds. The smallest absolute Gasteiger partial charge is 0.140 e. The van der Waals surface area contributed by atoms with Crippen molar-refractivity contribution >= 4 is 17.8 Å². The zero-order valence-corrected chi connectivity index (χ0v) is 14.4. The topological polar surface area (TPSA) is 40.9 Å². The van der Waals surface area contributed by atoms with Gasteiger partial charge in [-0.1, -0.05) is 51.6 Å². The summed E-state index contributed by atoms with van der Waals surface area (Å²) in [4.78, 5) is 0.504. The lowest BCUT2D eigenvalue weighted by molar-refractivity contribution is 0.681. The van der Waals surface area contributed by atoms with Crippen molar-refractivity contribution in [2.45, 2.75) is 50.7 Å². The summed E-state index contributed by atoms with van der Waals surface area (Å²) in [6.45, 7) is 12.8. The van der Waals surface area contributed by atoms with Gasteiger partial charge < -0.3 is 0 Å². The van der Waals surface area contributed by atoms with Crippen molar-refractivity contribution in [1.82, 2.24) is 0 Å². The minimum absolute atomic E-state index is 0.114. The molecule has 0 heterocycles. The van der Waals surface area contributed by atoms with Gasteiger partial charge >= 0.3 is 0 Å². The third-order valence-corrected chi connectivity index (χ3v) is 9.74. The SMILES string of the molecule is Cc1ccc(S(=N)(=O)C#C[Si](C)(C)C(C)(C)C)cc1. The lowest BCUT2D eigenvalue weighted by Gasteiger charge is -2.31. The average Bonchev–Trinajstić information content (AvgIpc) is 2.26. The maximum atomic E-state index is 12.4. The molecule has 4 heteroatoms. The highest BCUT2D eigenvalue weighted by Gasteiger charge is 2.34. The lowest BCUT2D eigenvalue weighted by atomic mass is 10.2. The number of hydrogen-bond donors (Lipinski definition) is 1. The summed E-state index contributed by atoms with van der Waals surface area (Å²) in [5.74, 6) is 0. The van der Waals surface area contributed by atoms with Gasteiger partial charge in [-0.3, -0.25) is 0 Å². The lowest BCUT2D eigenvalue weighted by Crippen LogP contribution is -2.35. The molecular weight excluding hydrogens is 270 g/mol. The Kier molecular flexibility index (Phi) is 4.33. The van der Waals surface area contributed by atoms with Crippen LogP contribution in [0.2, 0.25) is 18.1 Å². The van der Waals surface area contributed by atoms with Crippen LogP contribution in [0.5, 0.6) is 0 Å². The van der Waals surface area contributed by atoms with Crippen molar-refractivity contribution in [3.8, 4) is 10.8 Å². The molecule has 0 radical (unpaired) electrons. The van der Waals surface area contributed by atoms with Crippen molar-refractivity contribution < 1.29 is 4.21 Å². The molecule has 0 saturated carbocycles. The van der Waals surface area contributed by atoms with E-state index in [4.69, 9.17) is 4.78 Å². The molecule has 2 nitrogen and oxygen atoms in total. The van der Waals surface area contributed by atoms with Gasteiger partial charge in [0.25, 0.3) is 0 Å². The molecule has 0 aliphatic rings. The molecule has 0 saturated heterocycles. The van der Waals surface area contributed by atoms with Crippen molar-refractivity contribution in [1.29, 1.82) is 4.78 Å². The fourth-order valence-corrected chi connectivity index (χ4v) is 3.78. The second kappa shape index (κ2) is 5.14. The van der Waals surface area contributed by atoms with Gasteiger partial charge in [-0.15, -0.1) is 5.54 Å². The van der Waals surface area contributed by atoms with Crippen LogP contribution in [0.3, 0.4) is 0 Å². The summed E-state index contributed by atoms with van der Waals surface area (Å²) in [6, 6.07) is 7.23. The molecule has 0 bridgehead atoms. The normalized spacial score (nSPS) is 15.3. The van der Waals surface area contributed by atoms with Crippen LogP contribution in [-0.4, -0.2) is 12.3 Å². The Morgan fingerprint density at radius 1 is 1.16 bits per heavy atom. The third-order valence-electron chi connectivity index (χ3n) is 3.74. The molecule has 104 valence electrons. The van der Waals surface area contributed by atoms with Crippen LogP contribution in [0.25, 0.3) is 0 Å². The number of aryl methyl sites for hydroxylation is 1. The number of hydrogen-bond acceptors (Lipinski definition) is 2. The molecule has 19 heavy (non-hydrogen) atoms. The van der Waals surface area contributed by atoms with E-state index < -0.39 is 17.8 Å². The van der Waals surface area contributed by atoms with E-state index in [1.54, 1.807) is 12.1 Å². The predicted octanol–water partition coefficient (Wildman–Crippen LogP) is 4.41. The van der Waals surface area contributed by atoms with E-state index in [1.165, 1.54) is 0 Å². The van der Waals surface area contributed by atoms with E-state index in [1.807, 2.05) is 19.1 Å². The van der Waals surface area contributed by atoms with E-state index in [0.29, 0.717) is 4.90 Å². The minimum Gasteiger partial charge on any atom is -0.238 e. The number of benzene rings is 1. The first kappa shape index (κ1) is 16.0. The summed E-state index contributed by atoms with van der Waals surface area (Å²) in [5, 5.41) is 2.86. The second-order valence-corrected chi connectivity index (χ2v) is 13.3. The van der Waals surface area contributed by atoms with E-state index in [-0.39, 0.29) is 5.04 Å². The van der Waals surface area contributed by atoms with Crippen molar-refractivity contribution in [2.24, 2.45) is 0 Å². The minimum atomic E-state index is -3.00. The Morgan fingerprint density at radius 2 is 1.63 bits per heavy atom. The van der Waals surface area contributed by atoms with Gasteiger partial charge in [0.2, 0.25) is 0 Å². The highest BCUT2D eigenvalue weighted by Crippen LogP contribution is 2.35. The van der Waals surface area contributed by atoms with Gasteiger partial charge in [0.1, 0.15) is 17.8 Å². The Balaban J connectivity index is 3.16. The van der Waals surface area contributed by atoms with Crippen LogP contribution < -0.4 is 0 Å². The van der Waals surface area contributed by atoms with E-state index in [2.05, 4.69) is 44.7 Å². The standard InChI is InChI=1S/C15H23NOSSi/c1-13-7-9-14(10-8-13)18(16,17)11-12-19(5,6)15(2,3)4/h7-10,16H,1-6H3. The zero-order chi connectivity index (χ0) is 14.9. The van der Waals surface area contributed by atoms with Gasteiger partial charge in [-0.2, -0.15) is 0 Å². The number of rotatable bonds is 1. The molecule has 1 aromatic rings. The third kappa shape index (κ3) is 3.95. The molecule has 0 aliphatic heterocycles. The predicted molar refractivity (Wildman–Crippen MR) is 85.3 cm³/mol. The summed E-state index contributed by atoms with van der Waals surface area (Å²) < 4.78 is 20.4. The largest absolute Gasteiger partial charge is 0.238 e. The Labute approximate surface area is 118 Å². The molecule has 0 aliphatic carbocycles. The van der Waals surface area contributed by atoms with Gasteiger partial charge in [0.15, 0.2) is 0 Å². The Hall–Kier alpha value is -1.05. The van der Waals surface area contributed by atoms with Crippen LogP contribution in [0.15, 0.2) is 29.2 Å². The summed E-state index contributed by atoms with van der Waals surface area (Å²) in [6.07, 6.45) is 0. The van der Waals surface area contributed by atoms with Crippen LogP contribution in [0.4, 0.5) is 0 Å². The maximum Gasteiger partial charge on any atom is 0.140 e. The molecule has 1 aromatic carbocycles. The van der Waals surface area contributed by atoms with Crippen molar-refractivity contribution in [2.75, 3.05) is 0 Å². The first-order valence-corrected chi connectivity index (χ1v) is 10.9. The van der Waals surface area contributed by atoms with Gasteiger partial charge in [0, 0.05) is 5.25 Å². The molecule has 0 spiro atoms. The van der Waals surface area contributed by atoms with E-state index >= 15 is 0 Å². The molecule has 0 aromatic heterocycles. The fourth-order valence-electron chi connectivity index (χ4n) is 1.18. The van der Waals surface area contributed by atoms with Crippen molar-refractivity contribution in [3.05, 3.63) is 29.8 Å². The van der Waals surface area contributed by atoms with E-state index in [0.717, 1.165) is 5.56 Å². The maximum absolute atomic E-state index is 12.4. The van der Waals surface area contributed by atoms with Crippen molar-refractivity contribution in [3.63, 3.8) is 0 Å². The second-order valence-electron chi connectivity index (χ2n) is 6.47. The highest BCUT2D eigenvalue weighted by atomic mass is 32.2. The molecule has 1 rings (SSSR count). The first-order valence-electron chi connectivity index (χ1n) is 6.35. The quantitative estimate of drug-likeness (QED) is 0.605. The van der Waals surface area contributed by atoms with Gasteiger partial charge in [-0.25, -0.2) is 8.99 Å². The first-order chi connectivity index (χ1) is 8.46. The van der Waals surface area contributed by atoms with Crippen LogP contribution >= 0.6 is 0 Å². The molecule has 0 fully saturated rings. The zero-order valence-electron chi connectivity index (χ0n) is 12.6.